The van der Waals surface area contributed by atoms with Crippen LogP contribution in [-0.2, 0) is 0 Å². The molecule has 0 heterocycles. The van der Waals surface area contributed by atoms with Crippen LogP contribution in [0.5, 0.6) is 5.75 Å². The van der Waals surface area contributed by atoms with Crippen molar-refractivity contribution >= 4 is 11.5 Å². The molecule has 2 aromatic rings. The van der Waals surface area contributed by atoms with Crippen molar-refractivity contribution in [1.29, 1.82) is 0 Å². The summed E-state index contributed by atoms with van der Waals surface area (Å²) in [6.07, 6.45) is 0. The molecule has 2 aromatic carbocycles. The van der Waals surface area contributed by atoms with Crippen molar-refractivity contribution in [3.8, 4) is 5.75 Å². The fourth-order valence-corrected chi connectivity index (χ4v) is 1.89. The van der Waals surface area contributed by atoms with Crippen LogP contribution < -0.4 is 10.1 Å². The molecule has 0 aliphatic rings. The van der Waals surface area contributed by atoms with Gasteiger partial charge in [0.2, 0.25) is 0 Å². The summed E-state index contributed by atoms with van der Waals surface area (Å²) in [4.78, 5) is 11.2. The first-order chi connectivity index (χ1) is 9.65. The fraction of sp³-hybridized carbons (Fsp3) is 0.235. The van der Waals surface area contributed by atoms with Crippen molar-refractivity contribution in [2.75, 3.05) is 18.5 Å². The maximum absolute atomic E-state index is 11.2. The van der Waals surface area contributed by atoms with Crippen LogP contribution in [-0.4, -0.2) is 18.9 Å². The molecule has 0 fully saturated rings. The Morgan fingerprint density at radius 3 is 2.55 bits per heavy atom. The van der Waals surface area contributed by atoms with Crippen LogP contribution in [0.15, 0.2) is 48.5 Å². The Balaban J connectivity index is 1.77. The molecule has 0 aliphatic heterocycles. The minimum Gasteiger partial charge on any atom is -0.492 e. The van der Waals surface area contributed by atoms with Gasteiger partial charge in [-0.3, -0.25) is 4.79 Å². The van der Waals surface area contributed by atoms with Gasteiger partial charge in [-0.25, -0.2) is 0 Å². The van der Waals surface area contributed by atoms with Crippen molar-refractivity contribution in [3.63, 3.8) is 0 Å². The van der Waals surface area contributed by atoms with E-state index in [4.69, 9.17) is 4.74 Å². The highest BCUT2D eigenvalue weighted by molar-refractivity contribution is 5.94. The van der Waals surface area contributed by atoms with E-state index in [-0.39, 0.29) is 5.78 Å². The molecule has 0 unspecified atom stereocenters. The van der Waals surface area contributed by atoms with E-state index < -0.39 is 0 Å². The Morgan fingerprint density at radius 2 is 1.90 bits per heavy atom. The third kappa shape index (κ3) is 4.12. The third-order valence-corrected chi connectivity index (χ3v) is 2.98. The fourth-order valence-electron chi connectivity index (χ4n) is 1.89. The van der Waals surface area contributed by atoms with Crippen molar-refractivity contribution in [3.05, 3.63) is 59.7 Å². The third-order valence-electron chi connectivity index (χ3n) is 2.98. The highest BCUT2D eigenvalue weighted by Crippen LogP contribution is 2.13. The molecular formula is C17H19NO2. The summed E-state index contributed by atoms with van der Waals surface area (Å²) in [6.45, 7) is 4.92. The standard InChI is InChI=1S/C17H19NO2/c1-13-4-3-5-17(12-13)20-11-10-18-16-8-6-15(7-9-16)14(2)19/h3-9,12,18H,10-11H2,1-2H3. The van der Waals surface area contributed by atoms with Crippen molar-refractivity contribution in [2.24, 2.45) is 0 Å². The van der Waals surface area contributed by atoms with Crippen LogP contribution in [0.1, 0.15) is 22.8 Å². The second-order valence-electron chi connectivity index (χ2n) is 4.73. The number of ether oxygens (including phenoxy) is 1. The smallest absolute Gasteiger partial charge is 0.159 e. The van der Waals surface area contributed by atoms with E-state index in [1.807, 2.05) is 55.5 Å². The summed E-state index contributed by atoms with van der Waals surface area (Å²) in [7, 11) is 0. The number of nitrogens with one attached hydrogen (secondary N) is 1. The highest BCUT2D eigenvalue weighted by atomic mass is 16.5. The zero-order valence-electron chi connectivity index (χ0n) is 11.8. The minimum atomic E-state index is 0.0827. The van der Waals surface area contributed by atoms with Gasteiger partial charge in [-0.15, -0.1) is 0 Å². The molecule has 0 spiro atoms. The zero-order chi connectivity index (χ0) is 14.4. The topological polar surface area (TPSA) is 38.3 Å². The number of carbonyl (C=O) groups is 1. The maximum atomic E-state index is 11.2. The lowest BCUT2D eigenvalue weighted by molar-refractivity contribution is 0.101. The van der Waals surface area contributed by atoms with E-state index in [2.05, 4.69) is 5.32 Å². The van der Waals surface area contributed by atoms with Crippen LogP contribution in [0.2, 0.25) is 0 Å². The van der Waals surface area contributed by atoms with Crippen LogP contribution >= 0.6 is 0 Å². The van der Waals surface area contributed by atoms with Crippen LogP contribution in [0, 0.1) is 6.92 Å². The number of rotatable bonds is 6. The molecule has 104 valence electrons. The second kappa shape index (κ2) is 6.75. The molecule has 0 saturated heterocycles. The molecule has 0 radical (unpaired) electrons. The van der Waals surface area contributed by atoms with Gasteiger partial charge >= 0.3 is 0 Å². The van der Waals surface area contributed by atoms with Gasteiger partial charge in [0.05, 0.1) is 0 Å². The summed E-state index contributed by atoms with van der Waals surface area (Å²) in [5.74, 6) is 0.970. The largest absolute Gasteiger partial charge is 0.492 e. The van der Waals surface area contributed by atoms with Crippen molar-refractivity contribution in [2.45, 2.75) is 13.8 Å². The SMILES string of the molecule is CC(=O)c1ccc(NCCOc2cccc(C)c2)cc1. The summed E-state index contributed by atoms with van der Waals surface area (Å²) in [5, 5.41) is 3.26. The molecule has 0 aromatic heterocycles. The lowest BCUT2D eigenvalue weighted by Crippen LogP contribution is -2.11. The Labute approximate surface area is 119 Å². The molecule has 0 bridgehead atoms. The van der Waals surface area contributed by atoms with Crippen LogP contribution in [0.4, 0.5) is 5.69 Å². The molecule has 0 amide bonds. The maximum Gasteiger partial charge on any atom is 0.159 e. The van der Waals surface area contributed by atoms with Crippen LogP contribution in [0.3, 0.4) is 0 Å². The first kappa shape index (κ1) is 14.1. The average Bonchev–Trinajstić information content (AvgIpc) is 2.44. The number of carbonyl (C=O) groups excluding carboxylic acids is 1. The minimum absolute atomic E-state index is 0.0827. The van der Waals surface area contributed by atoms with E-state index in [0.29, 0.717) is 13.2 Å². The molecule has 3 nitrogen and oxygen atoms in total. The highest BCUT2D eigenvalue weighted by Gasteiger charge is 1.99. The van der Waals surface area contributed by atoms with Gasteiger partial charge in [-0.1, -0.05) is 12.1 Å². The Morgan fingerprint density at radius 1 is 1.15 bits per heavy atom. The normalized spacial score (nSPS) is 10.1. The second-order valence-corrected chi connectivity index (χ2v) is 4.73. The summed E-state index contributed by atoms with van der Waals surface area (Å²) >= 11 is 0. The summed E-state index contributed by atoms with van der Waals surface area (Å²) in [6, 6.07) is 15.5. The predicted molar refractivity (Wildman–Crippen MR) is 81.6 cm³/mol. The van der Waals surface area contributed by atoms with E-state index >= 15 is 0 Å². The zero-order valence-corrected chi connectivity index (χ0v) is 11.8. The van der Waals surface area contributed by atoms with Gasteiger partial charge in [0.1, 0.15) is 12.4 Å². The average molecular weight is 269 g/mol. The van der Waals surface area contributed by atoms with Gasteiger partial charge in [-0.05, 0) is 55.8 Å². The Bertz CT molecular complexity index is 576. The van der Waals surface area contributed by atoms with Crippen LogP contribution in [0.25, 0.3) is 0 Å². The van der Waals surface area contributed by atoms with E-state index in [1.54, 1.807) is 6.92 Å². The number of Topliss-reactive ketones (excluding diaryl/α,β-unsaturated/α-hetero) is 1. The van der Waals surface area contributed by atoms with E-state index in [1.165, 1.54) is 5.56 Å². The van der Waals surface area contributed by atoms with Gasteiger partial charge in [0.15, 0.2) is 5.78 Å². The first-order valence-corrected chi connectivity index (χ1v) is 6.69. The van der Waals surface area contributed by atoms with Gasteiger partial charge in [-0.2, -0.15) is 0 Å². The first-order valence-electron chi connectivity index (χ1n) is 6.69. The molecule has 0 aliphatic carbocycles. The quantitative estimate of drug-likeness (QED) is 0.642. The lowest BCUT2D eigenvalue weighted by Gasteiger charge is -2.09. The molecule has 2 rings (SSSR count). The molecule has 1 N–H and O–H groups in total. The van der Waals surface area contributed by atoms with E-state index in [0.717, 1.165) is 17.0 Å². The van der Waals surface area contributed by atoms with Gasteiger partial charge in [0.25, 0.3) is 0 Å². The molecule has 3 heteroatoms. The van der Waals surface area contributed by atoms with Gasteiger partial charge in [0, 0.05) is 17.8 Å². The lowest BCUT2D eigenvalue weighted by atomic mass is 10.1. The number of anilines is 1. The van der Waals surface area contributed by atoms with Gasteiger partial charge < -0.3 is 10.1 Å². The predicted octanol–water partition coefficient (Wildman–Crippen LogP) is 3.69. The molecule has 0 saturated carbocycles. The van der Waals surface area contributed by atoms with Crippen molar-refractivity contribution < 1.29 is 9.53 Å². The number of aryl methyl sites for hydroxylation is 1. The Hall–Kier alpha value is -2.29. The monoisotopic (exact) mass is 269 g/mol. The van der Waals surface area contributed by atoms with E-state index in [9.17, 15) is 4.79 Å². The Kier molecular flexibility index (Phi) is 4.77. The molecule has 20 heavy (non-hydrogen) atoms. The molecular weight excluding hydrogens is 250 g/mol. The number of hydrogen-bond donors (Lipinski definition) is 1. The number of ketones is 1. The number of hydrogen-bond acceptors (Lipinski definition) is 3. The molecule has 0 atom stereocenters. The summed E-state index contributed by atoms with van der Waals surface area (Å²) in [5.41, 5.74) is 2.91. The van der Waals surface area contributed by atoms with Crippen molar-refractivity contribution in [1.82, 2.24) is 0 Å². The summed E-state index contributed by atoms with van der Waals surface area (Å²) < 4.78 is 5.65. The number of benzene rings is 2.